The first-order valence-electron chi connectivity index (χ1n) is 20.7. The van der Waals surface area contributed by atoms with E-state index >= 15 is 0 Å². The Hall–Kier alpha value is -8.28. The fourth-order valence-corrected chi connectivity index (χ4v) is 9.53. The van der Waals surface area contributed by atoms with Crippen LogP contribution in [0.5, 0.6) is 0 Å². The molecule has 0 aliphatic rings. The second-order valence-corrected chi connectivity index (χ2v) is 15.7. The van der Waals surface area contributed by atoms with Crippen LogP contribution in [0.15, 0.2) is 211 Å². The third-order valence-corrected chi connectivity index (χ3v) is 12.3. The average Bonchev–Trinajstić information content (AvgIpc) is 3.98. The largest absolute Gasteiger partial charge is 0.456 e. The molecule has 0 N–H and O–H groups in total. The lowest BCUT2D eigenvalue weighted by atomic mass is 10.1. The lowest BCUT2D eigenvalue weighted by molar-refractivity contribution is 0.669. The number of hydrogen-bond acceptors (Lipinski definition) is 3. The van der Waals surface area contributed by atoms with Gasteiger partial charge in [0, 0.05) is 66.3 Å². The minimum atomic E-state index is 0.694. The van der Waals surface area contributed by atoms with E-state index < -0.39 is 0 Å². The van der Waals surface area contributed by atoms with Crippen LogP contribution in [-0.4, -0.2) is 19.1 Å². The highest BCUT2D eigenvalue weighted by Gasteiger charge is 2.23. The fraction of sp³-hybridized carbons (Fsp3) is 0. The quantitative estimate of drug-likeness (QED) is 0.175. The van der Waals surface area contributed by atoms with E-state index in [9.17, 15) is 0 Å². The number of rotatable bonds is 5. The molecule has 9 aromatic carbocycles. The summed E-state index contributed by atoms with van der Waals surface area (Å²) in [4.78, 5) is 10.3. The highest BCUT2D eigenvalue weighted by molar-refractivity contribution is 6.27. The van der Waals surface area contributed by atoms with E-state index in [0.29, 0.717) is 5.82 Å². The first kappa shape index (κ1) is 33.7. The van der Waals surface area contributed by atoms with Crippen LogP contribution in [0, 0.1) is 0 Å². The molecule has 0 amide bonds. The van der Waals surface area contributed by atoms with Gasteiger partial charge in [0.1, 0.15) is 11.2 Å². The monoisotopic (exact) mass is 778 g/mol. The van der Waals surface area contributed by atoms with Crippen LogP contribution in [0.2, 0.25) is 0 Å². The second kappa shape index (κ2) is 13.1. The van der Waals surface area contributed by atoms with Crippen molar-refractivity contribution in [2.75, 3.05) is 0 Å². The first-order chi connectivity index (χ1) is 30.2. The molecule has 0 fully saturated rings. The van der Waals surface area contributed by atoms with Gasteiger partial charge in [0.15, 0.2) is 5.82 Å². The summed E-state index contributed by atoms with van der Waals surface area (Å²) in [5.41, 5.74) is 14.7. The average molecular weight is 779 g/mol. The van der Waals surface area contributed by atoms with Gasteiger partial charge in [-0.05, 0) is 77.9 Å². The SMILES string of the molecule is c1ccc(-c2ccc(-n3c4ccccc4c4c3ccc3c5cc6c(cc5n(-c5ccc(-c7nc(-c8ccccc8)c8ccccc8n7)cc5)c34)oc3ccccc36)cc2)cc1. The molecular formula is C56H34N4O. The molecule has 4 heterocycles. The molecule has 0 saturated carbocycles. The third kappa shape index (κ3) is 5.14. The fourth-order valence-electron chi connectivity index (χ4n) is 9.53. The maximum Gasteiger partial charge on any atom is 0.160 e. The number of benzene rings is 9. The Morgan fingerprint density at radius 1 is 0.344 bits per heavy atom. The van der Waals surface area contributed by atoms with Crippen LogP contribution in [0.25, 0.3) is 122 Å². The topological polar surface area (TPSA) is 48.8 Å². The van der Waals surface area contributed by atoms with Gasteiger partial charge in [-0.25, -0.2) is 9.97 Å². The van der Waals surface area contributed by atoms with Gasteiger partial charge < -0.3 is 13.6 Å². The van der Waals surface area contributed by atoms with Crippen LogP contribution in [0.4, 0.5) is 0 Å². The predicted molar refractivity (Wildman–Crippen MR) is 252 cm³/mol. The van der Waals surface area contributed by atoms with Gasteiger partial charge in [0.05, 0.1) is 33.3 Å². The molecule has 0 radical (unpaired) electrons. The van der Waals surface area contributed by atoms with Gasteiger partial charge >= 0.3 is 0 Å². The Kier molecular flexibility index (Phi) is 7.24. The Morgan fingerprint density at radius 3 is 1.75 bits per heavy atom. The predicted octanol–water partition coefficient (Wildman–Crippen LogP) is 14.7. The van der Waals surface area contributed by atoms with Crippen molar-refractivity contribution >= 4 is 76.5 Å². The zero-order valence-electron chi connectivity index (χ0n) is 32.8. The van der Waals surface area contributed by atoms with E-state index in [1.165, 1.54) is 32.7 Å². The van der Waals surface area contributed by atoms with Crippen molar-refractivity contribution in [3.8, 4) is 45.1 Å². The van der Waals surface area contributed by atoms with Gasteiger partial charge in [-0.3, -0.25) is 0 Å². The van der Waals surface area contributed by atoms with Crippen molar-refractivity contribution in [3.05, 3.63) is 206 Å². The summed E-state index contributed by atoms with van der Waals surface area (Å²) < 4.78 is 11.4. The zero-order chi connectivity index (χ0) is 40.0. The van der Waals surface area contributed by atoms with E-state index in [0.717, 1.165) is 83.1 Å². The number of aromatic nitrogens is 4. The summed E-state index contributed by atoms with van der Waals surface area (Å²) in [7, 11) is 0. The van der Waals surface area contributed by atoms with Crippen molar-refractivity contribution in [2.24, 2.45) is 0 Å². The third-order valence-electron chi connectivity index (χ3n) is 12.3. The Morgan fingerprint density at radius 2 is 0.967 bits per heavy atom. The molecule has 0 saturated heterocycles. The Balaban J connectivity index is 1.06. The molecule has 4 aromatic heterocycles. The normalized spacial score (nSPS) is 11.9. The molecule has 5 nitrogen and oxygen atoms in total. The Labute approximate surface area is 350 Å². The molecule has 61 heavy (non-hydrogen) atoms. The minimum Gasteiger partial charge on any atom is -0.456 e. The molecule has 0 aliphatic heterocycles. The van der Waals surface area contributed by atoms with Crippen LogP contribution in [0.3, 0.4) is 0 Å². The van der Waals surface area contributed by atoms with Crippen molar-refractivity contribution < 1.29 is 4.42 Å². The summed E-state index contributed by atoms with van der Waals surface area (Å²) in [6.45, 7) is 0. The van der Waals surface area contributed by atoms with E-state index in [1.807, 2.05) is 30.3 Å². The molecule has 13 aromatic rings. The number of para-hydroxylation sites is 3. The molecule has 0 unspecified atom stereocenters. The van der Waals surface area contributed by atoms with Gasteiger partial charge in [-0.2, -0.15) is 0 Å². The molecule has 0 bridgehead atoms. The molecule has 0 aliphatic carbocycles. The minimum absolute atomic E-state index is 0.694. The summed E-state index contributed by atoms with van der Waals surface area (Å²) in [6.07, 6.45) is 0. The first-order valence-corrected chi connectivity index (χ1v) is 20.7. The standard InChI is InChI=1S/C56H34N4O/c1-3-13-35(14-4-1)36-23-27-39(28-24-36)59-48-21-11-8-19-44(48)53-49(59)32-31-42-45-33-46-41-17-9-12-22-51(41)61-52(46)34-50(45)60(55(42)53)40-29-25-38(26-30-40)56-57-47-20-10-7-18-43(47)54(58-56)37-15-5-2-6-16-37/h1-34H. The van der Waals surface area contributed by atoms with E-state index in [1.54, 1.807) is 0 Å². The van der Waals surface area contributed by atoms with Gasteiger partial charge in [-0.15, -0.1) is 0 Å². The summed E-state index contributed by atoms with van der Waals surface area (Å²) in [5.74, 6) is 0.694. The second-order valence-electron chi connectivity index (χ2n) is 15.7. The van der Waals surface area contributed by atoms with Gasteiger partial charge in [0.25, 0.3) is 0 Å². The molecule has 284 valence electrons. The molecule has 13 rings (SSSR count). The number of furan rings is 1. The smallest absolute Gasteiger partial charge is 0.160 e. The van der Waals surface area contributed by atoms with Crippen molar-refractivity contribution in [1.82, 2.24) is 19.1 Å². The van der Waals surface area contributed by atoms with Crippen LogP contribution in [-0.2, 0) is 0 Å². The van der Waals surface area contributed by atoms with E-state index in [-0.39, 0.29) is 0 Å². The van der Waals surface area contributed by atoms with Crippen LogP contribution < -0.4 is 0 Å². The molecule has 0 atom stereocenters. The van der Waals surface area contributed by atoms with Crippen molar-refractivity contribution in [3.63, 3.8) is 0 Å². The maximum absolute atomic E-state index is 6.53. The van der Waals surface area contributed by atoms with Crippen molar-refractivity contribution in [1.29, 1.82) is 0 Å². The lowest BCUT2D eigenvalue weighted by Gasteiger charge is -2.12. The number of nitrogens with zero attached hydrogens (tertiary/aromatic N) is 4. The van der Waals surface area contributed by atoms with Crippen molar-refractivity contribution in [2.45, 2.75) is 0 Å². The highest BCUT2D eigenvalue weighted by Crippen LogP contribution is 2.44. The highest BCUT2D eigenvalue weighted by atomic mass is 16.3. The van der Waals surface area contributed by atoms with Crippen LogP contribution in [0.1, 0.15) is 0 Å². The Bertz CT molecular complexity index is 3840. The van der Waals surface area contributed by atoms with Crippen LogP contribution >= 0.6 is 0 Å². The molecule has 0 spiro atoms. The van der Waals surface area contributed by atoms with E-state index in [2.05, 4.69) is 185 Å². The van der Waals surface area contributed by atoms with E-state index in [4.69, 9.17) is 14.4 Å². The number of hydrogen-bond donors (Lipinski definition) is 0. The maximum atomic E-state index is 6.53. The lowest BCUT2D eigenvalue weighted by Crippen LogP contribution is -1.97. The summed E-state index contributed by atoms with van der Waals surface area (Å²) in [6, 6.07) is 73.1. The van der Waals surface area contributed by atoms with Gasteiger partial charge in [0.2, 0.25) is 0 Å². The number of fused-ring (bicyclic) bond motifs is 11. The molecule has 5 heteroatoms. The van der Waals surface area contributed by atoms with Gasteiger partial charge in [-0.1, -0.05) is 133 Å². The molecular weight excluding hydrogens is 745 g/mol. The zero-order valence-corrected chi connectivity index (χ0v) is 32.8. The summed E-state index contributed by atoms with van der Waals surface area (Å²) in [5, 5.41) is 8.02. The summed E-state index contributed by atoms with van der Waals surface area (Å²) >= 11 is 0.